The van der Waals surface area contributed by atoms with Crippen LogP contribution < -0.4 is 0 Å². The van der Waals surface area contributed by atoms with Gasteiger partial charge >= 0.3 is 5.97 Å². The van der Waals surface area contributed by atoms with E-state index in [1.807, 2.05) is 6.92 Å². The molecule has 0 rings (SSSR count). The van der Waals surface area contributed by atoms with Crippen LogP contribution in [0, 0.1) is 0 Å². The van der Waals surface area contributed by atoms with Gasteiger partial charge in [0, 0.05) is 6.42 Å². The Bertz CT molecular complexity index is 120. The van der Waals surface area contributed by atoms with Gasteiger partial charge in [-0.25, -0.2) is 0 Å². The van der Waals surface area contributed by atoms with E-state index in [1.165, 1.54) is 0 Å². The quantitative estimate of drug-likeness (QED) is 0.435. The summed E-state index contributed by atoms with van der Waals surface area (Å²) in [6.07, 6.45) is 1.15. The normalized spacial score (nSPS) is 12.2. The van der Waals surface area contributed by atoms with Gasteiger partial charge in [0.2, 0.25) is 0 Å². The van der Waals surface area contributed by atoms with Crippen LogP contribution in [0.15, 0.2) is 0 Å². The molecule has 0 saturated heterocycles. The van der Waals surface area contributed by atoms with E-state index in [1.54, 1.807) is 6.92 Å². The topological polar surface area (TPSA) is 43.4 Å². The standard InChI is InChI=1S/C7H12O3/c1-3-4-7(9)10-6(2)5-8/h5-6H,3-4H2,1-2H3/t6-/m0/s1. The molecule has 10 heavy (non-hydrogen) atoms. The minimum atomic E-state index is -0.598. The van der Waals surface area contributed by atoms with Crippen LogP contribution in [0.5, 0.6) is 0 Å². The van der Waals surface area contributed by atoms with Gasteiger partial charge in [0.25, 0.3) is 0 Å². The van der Waals surface area contributed by atoms with Crippen LogP contribution in [0.2, 0.25) is 0 Å². The Morgan fingerprint density at radius 3 is 2.70 bits per heavy atom. The van der Waals surface area contributed by atoms with Crippen molar-refractivity contribution in [2.24, 2.45) is 0 Å². The lowest BCUT2D eigenvalue weighted by molar-refractivity contribution is -0.150. The van der Waals surface area contributed by atoms with Gasteiger partial charge in [-0.05, 0) is 13.3 Å². The van der Waals surface area contributed by atoms with E-state index in [0.29, 0.717) is 12.7 Å². The van der Waals surface area contributed by atoms with E-state index >= 15 is 0 Å². The van der Waals surface area contributed by atoms with Gasteiger partial charge in [-0.15, -0.1) is 0 Å². The first-order valence-electron chi connectivity index (χ1n) is 3.35. The SMILES string of the molecule is CCCC(=O)O[C@@H](C)C=O. The molecule has 0 aliphatic rings. The van der Waals surface area contributed by atoms with E-state index in [9.17, 15) is 9.59 Å². The van der Waals surface area contributed by atoms with E-state index < -0.39 is 6.10 Å². The summed E-state index contributed by atoms with van der Waals surface area (Å²) >= 11 is 0. The molecule has 0 aromatic rings. The fourth-order valence-electron chi connectivity index (χ4n) is 0.498. The monoisotopic (exact) mass is 144 g/mol. The molecule has 0 aromatic heterocycles. The summed E-state index contributed by atoms with van der Waals surface area (Å²) < 4.78 is 4.63. The lowest BCUT2D eigenvalue weighted by atomic mass is 10.3. The number of esters is 1. The molecule has 58 valence electrons. The van der Waals surface area contributed by atoms with E-state index in [4.69, 9.17) is 0 Å². The molecule has 0 fully saturated rings. The summed E-state index contributed by atoms with van der Waals surface area (Å²) in [7, 11) is 0. The average Bonchev–Trinajstić information content (AvgIpc) is 1.88. The maximum atomic E-state index is 10.6. The Kier molecular flexibility index (Phi) is 4.54. The number of hydrogen-bond donors (Lipinski definition) is 0. The Labute approximate surface area is 60.4 Å². The maximum absolute atomic E-state index is 10.6. The molecule has 0 spiro atoms. The lowest BCUT2D eigenvalue weighted by Crippen LogP contribution is -2.15. The van der Waals surface area contributed by atoms with Gasteiger partial charge in [0.15, 0.2) is 12.4 Å². The van der Waals surface area contributed by atoms with Crippen molar-refractivity contribution < 1.29 is 14.3 Å². The van der Waals surface area contributed by atoms with Crippen LogP contribution >= 0.6 is 0 Å². The third-order valence-corrected chi connectivity index (χ3v) is 0.963. The minimum absolute atomic E-state index is 0.304. The second kappa shape index (κ2) is 4.97. The molecule has 0 unspecified atom stereocenters. The third-order valence-electron chi connectivity index (χ3n) is 0.963. The molecule has 0 aliphatic heterocycles. The van der Waals surface area contributed by atoms with Crippen molar-refractivity contribution in [3.8, 4) is 0 Å². The Morgan fingerprint density at radius 1 is 1.70 bits per heavy atom. The molecule has 0 aliphatic carbocycles. The second-order valence-corrected chi connectivity index (χ2v) is 2.08. The highest BCUT2D eigenvalue weighted by Gasteiger charge is 2.05. The zero-order valence-corrected chi connectivity index (χ0v) is 6.29. The first-order valence-corrected chi connectivity index (χ1v) is 3.35. The van der Waals surface area contributed by atoms with Crippen LogP contribution in [0.1, 0.15) is 26.7 Å². The van der Waals surface area contributed by atoms with Crippen molar-refractivity contribution in [2.75, 3.05) is 0 Å². The molecule has 0 heterocycles. The Hall–Kier alpha value is -0.860. The fourth-order valence-corrected chi connectivity index (χ4v) is 0.498. The summed E-state index contributed by atoms with van der Waals surface area (Å²) in [5.41, 5.74) is 0. The van der Waals surface area contributed by atoms with Gasteiger partial charge < -0.3 is 4.74 Å². The molecule has 0 aromatic carbocycles. The molecule has 1 atom stereocenters. The number of aldehydes is 1. The highest BCUT2D eigenvalue weighted by atomic mass is 16.5. The van der Waals surface area contributed by atoms with Crippen LogP contribution in [-0.4, -0.2) is 18.4 Å². The van der Waals surface area contributed by atoms with Gasteiger partial charge in [-0.1, -0.05) is 6.92 Å². The largest absolute Gasteiger partial charge is 0.455 e. The average molecular weight is 144 g/mol. The second-order valence-electron chi connectivity index (χ2n) is 2.08. The first kappa shape index (κ1) is 9.14. The molecule has 0 N–H and O–H groups in total. The van der Waals surface area contributed by atoms with Crippen LogP contribution in [-0.2, 0) is 14.3 Å². The van der Waals surface area contributed by atoms with Crippen molar-refractivity contribution >= 4 is 12.3 Å². The van der Waals surface area contributed by atoms with Crippen molar-refractivity contribution in [2.45, 2.75) is 32.8 Å². The Balaban J connectivity index is 3.46. The van der Waals surface area contributed by atoms with Crippen molar-refractivity contribution in [3.05, 3.63) is 0 Å². The molecule has 0 saturated carbocycles. The smallest absolute Gasteiger partial charge is 0.306 e. The van der Waals surface area contributed by atoms with Crippen molar-refractivity contribution in [3.63, 3.8) is 0 Å². The van der Waals surface area contributed by atoms with Crippen LogP contribution in [0.25, 0.3) is 0 Å². The maximum Gasteiger partial charge on any atom is 0.306 e. The molecule has 3 nitrogen and oxygen atoms in total. The van der Waals surface area contributed by atoms with Crippen molar-refractivity contribution in [1.82, 2.24) is 0 Å². The zero-order chi connectivity index (χ0) is 7.98. The van der Waals surface area contributed by atoms with Gasteiger partial charge in [-0.2, -0.15) is 0 Å². The van der Waals surface area contributed by atoms with Crippen molar-refractivity contribution in [1.29, 1.82) is 0 Å². The van der Waals surface area contributed by atoms with Crippen LogP contribution in [0.3, 0.4) is 0 Å². The highest BCUT2D eigenvalue weighted by Crippen LogP contribution is 1.94. The molecule has 3 heteroatoms. The lowest BCUT2D eigenvalue weighted by Gasteiger charge is -2.04. The summed E-state index contributed by atoms with van der Waals surface area (Å²) in [6.45, 7) is 3.42. The molecular weight excluding hydrogens is 132 g/mol. The predicted octanol–water partition coefficient (Wildman–Crippen LogP) is 0.917. The molecular formula is C7H12O3. The first-order chi connectivity index (χ1) is 4.70. The summed E-state index contributed by atoms with van der Waals surface area (Å²) in [4.78, 5) is 20.6. The molecule has 0 bridgehead atoms. The van der Waals surface area contributed by atoms with Crippen LogP contribution in [0.4, 0.5) is 0 Å². The zero-order valence-electron chi connectivity index (χ0n) is 6.29. The van der Waals surface area contributed by atoms with E-state index in [2.05, 4.69) is 4.74 Å². The summed E-state index contributed by atoms with van der Waals surface area (Å²) in [5.74, 6) is -0.304. The minimum Gasteiger partial charge on any atom is -0.455 e. The molecule has 0 amide bonds. The predicted molar refractivity (Wildman–Crippen MR) is 36.5 cm³/mol. The third kappa shape index (κ3) is 4.06. The highest BCUT2D eigenvalue weighted by molar-refractivity contribution is 5.72. The summed E-state index contributed by atoms with van der Waals surface area (Å²) in [5, 5.41) is 0. The van der Waals surface area contributed by atoms with Gasteiger partial charge in [0.05, 0.1) is 0 Å². The van der Waals surface area contributed by atoms with E-state index in [-0.39, 0.29) is 5.97 Å². The Morgan fingerprint density at radius 2 is 2.30 bits per heavy atom. The number of ether oxygens (including phenoxy) is 1. The van der Waals surface area contributed by atoms with Gasteiger partial charge in [-0.3, -0.25) is 9.59 Å². The number of rotatable bonds is 4. The van der Waals surface area contributed by atoms with Gasteiger partial charge in [0.1, 0.15) is 0 Å². The molecule has 0 radical (unpaired) electrons. The summed E-state index contributed by atoms with van der Waals surface area (Å²) in [6, 6.07) is 0. The number of hydrogen-bond acceptors (Lipinski definition) is 3. The number of carbonyl (C=O) groups excluding carboxylic acids is 2. The van der Waals surface area contributed by atoms with E-state index in [0.717, 1.165) is 6.42 Å². The number of carbonyl (C=O) groups is 2. The fraction of sp³-hybridized carbons (Fsp3) is 0.714.